The molecule has 0 spiro atoms. The summed E-state index contributed by atoms with van der Waals surface area (Å²) in [5.74, 6) is 2.90. The number of rotatable bonds is 2. The zero-order valence-electron chi connectivity index (χ0n) is 11.1. The SMILES string of the molecule is C#CC(C(C)C)N1CC(=O)N2CCCCC2C1=O. The molecule has 4 heteroatoms. The fraction of sp³-hybridized carbons (Fsp3) is 0.714. The van der Waals surface area contributed by atoms with Crippen LogP contribution in [0.4, 0.5) is 0 Å². The van der Waals surface area contributed by atoms with Gasteiger partial charge in [0.2, 0.25) is 11.8 Å². The van der Waals surface area contributed by atoms with E-state index in [-0.39, 0.29) is 36.4 Å². The average molecular weight is 248 g/mol. The quantitative estimate of drug-likeness (QED) is 0.680. The summed E-state index contributed by atoms with van der Waals surface area (Å²) in [6, 6.07) is -0.542. The van der Waals surface area contributed by atoms with E-state index in [1.165, 1.54) is 0 Å². The van der Waals surface area contributed by atoms with E-state index in [1.54, 1.807) is 9.80 Å². The number of piperazine rings is 1. The van der Waals surface area contributed by atoms with Crippen LogP contribution in [0.2, 0.25) is 0 Å². The van der Waals surface area contributed by atoms with Gasteiger partial charge in [-0.2, -0.15) is 0 Å². The minimum atomic E-state index is -0.273. The van der Waals surface area contributed by atoms with Gasteiger partial charge in [-0.15, -0.1) is 6.42 Å². The summed E-state index contributed by atoms with van der Waals surface area (Å²) in [5.41, 5.74) is 0. The maximum absolute atomic E-state index is 12.4. The Morgan fingerprint density at radius 2 is 2.06 bits per heavy atom. The Morgan fingerprint density at radius 3 is 2.67 bits per heavy atom. The van der Waals surface area contributed by atoms with Gasteiger partial charge in [-0.1, -0.05) is 19.8 Å². The van der Waals surface area contributed by atoms with E-state index >= 15 is 0 Å². The molecule has 2 atom stereocenters. The van der Waals surface area contributed by atoms with E-state index in [0.29, 0.717) is 6.54 Å². The van der Waals surface area contributed by atoms with Crippen LogP contribution >= 0.6 is 0 Å². The van der Waals surface area contributed by atoms with Crippen molar-refractivity contribution in [1.82, 2.24) is 9.80 Å². The second-order valence-electron chi connectivity index (χ2n) is 5.42. The number of fused-ring (bicyclic) bond motifs is 1. The Bertz CT molecular complexity index is 397. The van der Waals surface area contributed by atoms with Gasteiger partial charge in [-0.25, -0.2) is 0 Å². The lowest BCUT2D eigenvalue weighted by Gasteiger charge is -2.45. The molecule has 2 rings (SSSR count). The summed E-state index contributed by atoms with van der Waals surface area (Å²) in [7, 11) is 0. The lowest BCUT2D eigenvalue weighted by molar-refractivity contribution is -0.159. The number of piperidine rings is 1. The van der Waals surface area contributed by atoms with Gasteiger partial charge in [0.05, 0.1) is 6.04 Å². The van der Waals surface area contributed by atoms with Crippen molar-refractivity contribution in [3.05, 3.63) is 0 Å². The molecule has 2 saturated heterocycles. The van der Waals surface area contributed by atoms with E-state index in [0.717, 1.165) is 19.3 Å². The number of terminal acetylenes is 1. The van der Waals surface area contributed by atoms with Crippen LogP contribution in [0.15, 0.2) is 0 Å². The smallest absolute Gasteiger partial charge is 0.246 e. The highest BCUT2D eigenvalue weighted by Gasteiger charge is 2.42. The molecule has 4 nitrogen and oxygen atoms in total. The van der Waals surface area contributed by atoms with Gasteiger partial charge < -0.3 is 9.80 Å². The Hall–Kier alpha value is -1.50. The molecule has 2 fully saturated rings. The zero-order valence-corrected chi connectivity index (χ0v) is 11.1. The average Bonchev–Trinajstić information content (AvgIpc) is 2.36. The van der Waals surface area contributed by atoms with Gasteiger partial charge in [0, 0.05) is 6.54 Å². The Balaban J connectivity index is 2.22. The molecule has 18 heavy (non-hydrogen) atoms. The molecule has 0 aliphatic carbocycles. The number of amides is 2. The molecule has 0 aromatic carbocycles. The summed E-state index contributed by atoms with van der Waals surface area (Å²) in [4.78, 5) is 27.9. The molecule has 0 N–H and O–H groups in total. The third-order valence-corrected chi connectivity index (χ3v) is 3.83. The first-order valence-corrected chi connectivity index (χ1v) is 6.62. The van der Waals surface area contributed by atoms with E-state index < -0.39 is 0 Å². The highest BCUT2D eigenvalue weighted by Crippen LogP contribution is 2.25. The largest absolute Gasteiger partial charge is 0.329 e. The summed E-state index contributed by atoms with van der Waals surface area (Å²) in [6.07, 6.45) is 8.29. The van der Waals surface area contributed by atoms with Crippen LogP contribution in [0.25, 0.3) is 0 Å². The maximum atomic E-state index is 12.4. The highest BCUT2D eigenvalue weighted by molar-refractivity contribution is 5.95. The number of hydrogen-bond donors (Lipinski definition) is 0. The Morgan fingerprint density at radius 1 is 1.33 bits per heavy atom. The third kappa shape index (κ3) is 2.10. The second kappa shape index (κ2) is 5.01. The molecule has 0 radical (unpaired) electrons. The van der Waals surface area contributed by atoms with Crippen LogP contribution in [0.3, 0.4) is 0 Å². The first kappa shape index (κ1) is 12.9. The lowest BCUT2D eigenvalue weighted by atomic mass is 9.95. The molecule has 2 unspecified atom stereocenters. The lowest BCUT2D eigenvalue weighted by Crippen LogP contribution is -2.63. The fourth-order valence-corrected chi connectivity index (χ4v) is 2.87. The van der Waals surface area contributed by atoms with Gasteiger partial charge in [0.25, 0.3) is 0 Å². The summed E-state index contributed by atoms with van der Waals surface area (Å²) < 4.78 is 0. The number of nitrogens with zero attached hydrogens (tertiary/aromatic N) is 2. The molecular formula is C14H20N2O2. The van der Waals surface area contributed by atoms with Crippen LogP contribution in [-0.4, -0.2) is 46.8 Å². The molecular weight excluding hydrogens is 228 g/mol. The molecule has 2 heterocycles. The first-order chi connectivity index (χ1) is 8.56. The van der Waals surface area contributed by atoms with Crippen LogP contribution in [0.5, 0.6) is 0 Å². The Labute approximate surface area is 108 Å². The Kier molecular flexibility index (Phi) is 3.60. The predicted octanol–water partition coefficient (Wildman–Crippen LogP) is 0.867. The first-order valence-electron chi connectivity index (χ1n) is 6.62. The van der Waals surface area contributed by atoms with Gasteiger partial charge in [0.1, 0.15) is 12.6 Å². The summed E-state index contributed by atoms with van der Waals surface area (Å²) in [6.45, 7) is 4.82. The van der Waals surface area contributed by atoms with Crippen molar-refractivity contribution in [2.75, 3.05) is 13.1 Å². The van der Waals surface area contributed by atoms with Crippen molar-refractivity contribution in [2.24, 2.45) is 5.92 Å². The fourth-order valence-electron chi connectivity index (χ4n) is 2.87. The van der Waals surface area contributed by atoms with Crippen molar-refractivity contribution in [3.63, 3.8) is 0 Å². The van der Waals surface area contributed by atoms with E-state index in [2.05, 4.69) is 5.92 Å². The maximum Gasteiger partial charge on any atom is 0.246 e. The normalized spacial score (nSPS) is 26.0. The van der Waals surface area contributed by atoms with Gasteiger partial charge >= 0.3 is 0 Å². The second-order valence-corrected chi connectivity index (χ2v) is 5.42. The molecule has 2 aliphatic rings. The topological polar surface area (TPSA) is 40.6 Å². The van der Waals surface area contributed by atoms with Gasteiger partial charge in [0.15, 0.2) is 0 Å². The van der Waals surface area contributed by atoms with E-state index in [1.807, 2.05) is 13.8 Å². The standard InChI is InChI=1S/C14H20N2O2/c1-4-11(10(2)3)16-9-13(17)15-8-6-5-7-12(15)14(16)18/h1,10-12H,5-9H2,2-3H3. The minimum Gasteiger partial charge on any atom is -0.329 e. The summed E-state index contributed by atoms with van der Waals surface area (Å²) >= 11 is 0. The van der Waals surface area contributed by atoms with Crippen molar-refractivity contribution in [3.8, 4) is 12.3 Å². The number of hydrogen-bond acceptors (Lipinski definition) is 2. The van der Waals surface area contributed by atoms with Crippen molar-refractivity contribution >= 4 is 11.8 Å². The minimum absolute atomic E-state index is 0.0333. The van der Waals surface area contributed by atoms with Crippen LogP contribution in [-0.2, 0) is 9.59 Å². The molecule has 2 amide bonds. The summed E-state index contributed by atoms with van der Waals surface area (Å²) in [5, 5.41) is 0. The van der Waals surface area contributed by atoms with Gasteiger partial charge in [-0.3, -0.25) is 9.59 Å². The van der Waals surface area contributed by atoms with Crippen LogP contribution in [0, 0.1) is 18.3 Å². The zero-order chi connectivity index (χ0) is 13.3. The third-order valence-electron chi connectivity index (χ3n) is 3.83. The molecule has 2 aliphatic heterocycles. The molecule has 0 bridgehead atoms. The molecule has 0 aromatic rings. The molecule has 0 aromatic heterocycles. The monoisotopic (exact) mass is 248 g/mol. The molecule has 0 saturated carbocycles. The predicted molar refractivity (Wildman–Crippen MR) is 68.5 cm³/mol. The van der Waals surface area contributed by atoms with Crippen molar-refractivity contribution < 1.29 is 9.59 Å². The molecule has 98 valence electrons. The van der Waals surface area contributed by atoms with Crippen LogP contribution < -0.4 is 0 Å². The van der Waals surface area contributed by atoms with Gasteiger partial charge in [-0.05, 0) is 25.2 Å². The van der Waals surface area contributed by atoms with Crippen molar-refractivity contribution in [2.45, 2.75) is 45.2 Å². The number of carbonyl (C=O) groups excluding carboxylic acids is 2. The van der Waals surface area contributed by atoms with E-state index in [4.69, 9.17) is 6.42 Å². The highest BCUT2D eigenvalue weighted by atomic mass is 16.2. The van der Waals surface area contributed by atoms with Crippen LogP contribution in [0.1, 0.15) is 33.1 Å². The number of carbonyl (C=O) groups is 2. The van der Waals surface area contributed by atoms with E-state index in [9.17, 15) is 9.59 Å². The van der Waals surface area contributed by atoms with Crippen molar-refractivity contribution in [1.29, 1.82) is 0 Å².